The number of benzene rings is 5. The van der Waals surface area contributed by atoms with Gasteiger partial charge in [-0.25, -0.2) is 0 Å². The van der Waals surface area contributed by atoms with Crippen molar-refractivity contribution >= 4 is 22.5 Å². The predicted octanol–water partition coefficient (Wildman–Crippen LogP) is 8.94. The van der Waals surface area contributed by atoms with Crippen molar-refractivity contribution in [3.63, 3.8) is 0 Å². The molecule has 152 valence electrons. The Morgan fingerprint density at radius 1 is 0.531 bits per heavy atom. The molecule has 0 radical (unpaired) electrons. The zero-order valence-corrected chi connectivity index (χ0v) is 19.0. The summed E-state index contributed by atoms with van der Waals surface area (Å²) < 4.78 is 0. The highest BCUT2D eigenvalue weighted by molar-refractivity contribution is 8.00. The fourth-order valence-electron chi connectivity index (χ4n) is 5.76. The molecule has 0 nitrogen and oxygen atoms in total. The molecule has 0 aromatic heterocycles. The van der Waals surface area contributed by atoms with Crippen LogP contribution in [-0.4, -0.2) is 0 Å². The standard InChI is InChI=1S/C31H22S/c1-31(2)25-14-5-3-11-24(25)29-22(13-8-15-26(29)31)23-18-17-19-9-7-12-21-20-10-4-6-16-27(20)32-30(23)28(19)21/h3-18H,1-2H3. The lowest BCUT2D eigenvalue weighted by Gasteiger charge is -2.24. The Morgan fingerprint density at radius 2 is 1.22 bits per heavy atom. The summed E-state index contributed by atoms with van der Waals surface area (Å²) in [5.74, 6) is 0. The van der Waals surface area contributed by atoms with Crippen molar-refractivity contribution in [1.82, 2.24) is 0 Å². The molecule has 5 aromatic carbocycles. The van der Waals surface area contributed by atoms with Gasteiger partial charge in [-0.15, -0.1) is 0 Å². The van der Waals surface area contributed by atoms with Crippen LogP contribution in [0.4, 0.5) is 0 Å². The van der Waals surface area contributed by atoms with Crippen molar-refractivity contribution in [2.75, 3.05) is 0 Å². The second-order valence-electron chi connectivity index (χ2n) is 9.34. The van der Waals surface area contributed by atoms with E-state index in [4.69, 9.17) is 0 Å². The lowest BCUT2D eigenvalue weighted by Crippen LogP contribution is -2.14. The summed E-state index contributed by atoms with van der Waals surface area (Å²) in [4.78, 5) is 2.72. The Balaban J connectivity index is 1.58. The number of hydrogen-bond donors (Lipinski definition) is 0. The Labute approximate surface area is 192 Å². The van der Waals surface area contributed by atoms with Gasteiger partial charge in [-0.3, -0.25) is 0 Å². The third-order valence-electron chi connectivity index (χ3n) is 7.28. The van der Waals surface area contributed by atoms with Crippen molar-refractivity contribution in [2.45, 2.75) is 29.1 Å². The molecule has 0 spiro atoms. The van der Waals surface area contributed by atoms with E-state index in [1.54, 1.807) is 0 Å². The number of hydrogen-bond acceptors (Lipinski definition) is 1. The molecule has 1 aliphatic carbocycles. The van der Waals surface area contributed by atoms with Crippen LogP contribution in [0.1, 0.15) is 25.0 Å². The van der Waals surface area contributed by atoms with Crippen molar-refractivity contribution < 1.29 is 0 Å². The van der Waals surface area contributed by atoms with E-state index in [1.807, 2.05) is 11.8 Å². The summed E-state index contributed by atoms with van der Waals surface area (Å²) in [6.07, 6.45) is 0. The Hall–Kier alpha value is -3.29. The van der Waals surface area contributed by atoms with E-state index in [9.17, 15) is 0 Å². The normalized spacial score (nSPS) is 14.7. The largest absolute Gasteiger partial charge is 0.0881 e. The smallest absolute Gasteiger partial charge is 0.0286 e. The molecule has 0 saturated carbocycles. The van der Waals surface area contributed by atoms with Crippen LogP contribution >= 0.6 is 11.8 Å². The predicted molar refractivity (Wildman–Crippen MR) is 137 cm³/mol. The summed E-state index contributed by atoms with van der Waals surface area (Å²) in [5, 5.41) is 2.70. The quantitative estimate of drug-likeness (QED) is 0.253. The van der Waals surface area contributed by atoms with E-state index < -0.39 is 0 Å². The zero-order chi connectivity index (χ0) is 21.4. The van der Waals surface area contributed by atoms with Crippen LogP contribution in [0, 0.1) is 0 Å². The van der Waals surface area contributed by atoms with Gasteiger partial charge in [0, 0.05) is 20.6 Å². The Kier molecular flexibility index (Phi) is 3.64. The van der Waals surface area contributed by atoms with Gasteiger partial charge in [0.1, 0.15) is 0 Å². The Bertz CT molecular complexity index is 1570. The van der Waals surface area contributed by atoms with Crippen LogP contribution in [0.15, 0.2) is 107 Å². The van der Waals surface area contributed by atoms with Crippen LogP contribution in [0.5, 0.6) is 0 Å². The minimum Gasteiger partial charge on any atom is -0.0881 e. The maximum atomic E-state index is 2.36. The highest BCUT2D eigenvalue weighted by Crippen LogP contribution is 2.56. The summed E-state index contributed by atoms with van der Waals surface area (Å²) in [6.45, 7) is 4.71. The van der Waals surface area contributed by atoms with Gasteiger partial charge in [-0.2, -0.15) is 0 Å². The van der Waals surface area contributed by atoms with Gasteiger partial charge in [0.15, 0.2) is 0 Å². The van der Waals surface area contributed by atoms with E-state index in [2.05, 4.69) is 111 Å². The van der Waals surface area contributed by atoms with Gasteiger partial charge >= 0.3 is 0 Å². The lowest BCUT2D eigenvalue weighted by atomic mass is 9.82. The van der Waals surface area contributed by atoms with Crippen molar-refractivity contribution in [2.24, 2.45) is 0 Å². The van der Waals surface area contributed by atoms with E-state index in [0.717, 1.165) is 0 Å². The van der Waals surface area contributed by atoms with Gasteiger partial charge in [0.05, 0.1) is 0 Å². The summed E-state index contributed by atoms with van der Waals surface area (Å²) >= 11 is 1.92. The second-order valence-corrected chi connectivity index (χ2v) is 10.4. The molecule has 0 unspecified atom stereocenters. The maximum absolute atomic E-state index is 2.36. The van der Waals surface area contributed by atoms with Crippen molar-refractivity contribution in [1.29, 1.82) is 0 Å². The van der Waals surface area contributed by atoms with Crippen molar-refractivity contribution in [3.8, 4) is 33.4 Å². The van der Waals surface area contributed by atoms with Gasteiger partial charge in [-0.1, -0.05) is 117 Å². The third-order valence-corrected chi connectivity index (χ3v) is 8.49. The fraction of sp³-hybridized carbons (Fsp3) is 0.0968. The molecule has 1 heterocycles. The summed E-state index contributed by atoms with van der Waals surface area (Å²) in [7, 11) is 0. The van der Waals surface area contributed by atoms with Crippen LogP contribution in [-0.2, 0) is 5.41 Å². The SMILES string of the molecule is CC1(C)c2ccccc2-c2c(-c3ccc4cccc5c4c3Sc3ccccc3-5)cccc21. The molecular weight excluding hydrogens is 404 g/mol. The fourth-order valence-corrected chi connectivity index (χ4v) is 7.03. The molecule has 0 N–H and O–H groups in total. The lowest BCUT2D eigenvalue weighted by molar-refractivity contribution is 0.660. The molecule has 0 amide bonds. The van der Waals surface area contributed by atoms with Crippen LogP contribution in [0.2, 0.25) is 0 Å². The van der Waals surface area contributed by atoms with Gasteiger partial charge in [0.2, 0.25) is 0 Å². The molecule has 7 rings (SSSR count). The average molecular weight is 427 g/mol. The molecule has 0 bridgehead atoms. The first-order valence-corrected chi connectivity index (χ1v) is 12.0. The van der Waals surface area contributed by atoms with Gasteiger partial charge < -0.3 is 0 Å². The molecule has 2 aliphatic rings. The minimum absolute atomic E-state index is 0.0148. The molecule has 1 heteroatoms. The van der Waals surface area contributed by atoms with Crippen molar-refractivity contribution in [3.05, 3.63) is 108 Å². The minimum atomic E-state index is 0.0148. The molecule has 0 atom stereocenters. The number of rotatable bonds is 1. The highest BCUT2D eigenvalue weighted by Gasteiger charge is 2.37. The first-order chi connectivity index (χ1) is 15.6. The Morgan fingerprint density at radius 3 is 2.12 bits per heavy atom. The molecule has 0 fully saturated rings. The summed E-state index contributed by atoms with van der Waals surface area (Å²) in [5.41, 5.74) is 11.0. The maximum Gasteiger partial charge on any atom is 0.0286 e. The van der Waals surface area contributed by atoms with Gasteiger partial charge in [0.25, 0.3) is 0 Å². The van der Waals surface area contributed by atoms with Crippen LogP contribution < -0.4 is 0 Å². The topological polar surface area (TPSA) is 0 Å². The van der Waals surface area contributed by atoms with E-state index in [0.29, 0.717) is 0 Å². The second kappa shape index (κ2) is 6.37. The summed E-state index contributed by atoms with van der Waals surface area (Å²) in [6, 6.07) is 36.0. The monoisotopic (exact) mass is 426 g/mol. The van der Waals surface area contributed by atoms with E-state index >= 15 is 0 Å². The van der Waals surface area contributed by atoms with Crippen LogP contribution in [0.25, 0.3) is 44.2 Å². The van der Waals surface area contributed by atoms with Crippen LogP contribution in [0.3, 0.4) is 0 Å². The average Bonchev–Trinajstić information content (AvgIpc) is 3.07. The highest BCUT2D eigenvalue weighted by atomic mass is 32.2. The van der Waals surface area contributed by atoms with E-state index in [-0.39, 0.29) is 5.41 Å². The molecule has 1 aliphatic heterocycles. The molecular formula is C31H22S. The first kappa shape index (κ1) is 18.3. The zero-order valence-electron chi connectivity index (χ0n) is 18.1. The molecule has 32 heavy (non-hydrogen) atoms. The van der Waals surface area contributed by atoms with E-state index in [1.165, 1.54) is 65.1 Å². The first-order valence-electron chi connectivity index (χ1n) is 11.2. The molecule has 5 aromatic rings. The third kappa shape index (κ3) is 2.29. The van der Waals surface area contributed by atoms with Gasteiger partial charge in [-0.05, 0) is 56.0 Å². The molecule has 0 saturated heterocycles. The number of fused-ring (bicyclic) bond motifs is 5.